The summed E-state index contributed by atoms with van der Waals surface area (Å²) in [6.07, 6.45) is 0. The van der Waals surface area contributed by atoms with Crippen molar-refractivity contribution >= 4 is 5.97 Å². The number of hydrogen-bond acceptors (Lipinski definition) is 2. The summed E-state index contributed by atoms with van der Waals surface area (Å²) in [7, 11) is 0. The van der Waals surface area contributed by atoms with Crippen LogP contribution in [0.5, 0.6) is 0 Å². The van der Waals surface area contributed by atoms with E-state index in [0.717, 1.165) is 0 Å². The molecule has 12 heavy (non-hydrogen) atoms. The Morgan fingerprint density at radius 2 is 2.00 bits per heavy atom. The quantitative estimate of drug-likeness (QED) is 0.402. The molecule has 0 saturated heterocycles. The maximum atomic E-state index is 10.1. The van der Waals surface area contributed by atoms with Gasteiger partial charge in [0.05, 0.1) is 13.2 Å². The van der Waals surface area contributed by atoms with Gasteiger partial charge in [-0.25, -0.2) is 4.79 Å². The molecular weight excluding hydrogens is 207 g/mol. The molecule has 0 aromatic carbocycles. The first-order valence-electron chi connectivity index (χ1n) is 3.11. The first kappa shape index (κ1) is 17.9. The van der Waals surface area contributed by atoms with Gasteiger partial charge in [0.1, 0.15) is 6.61 Å². The Bertz CT molecular complexity index is 115. The molecule has 0 aliphatic carbocycles. The van der Waals surface area contributed by atoms with E-state index >= 15 is 0 Å². The lowest BCUT2D eigenvalue weighted by Crippen LogP contribution is -3.00. The number of carboxylic acid groups (broad SMARTS) is 1. The molecule has 76 valence electrons. The van der Waals surface area contributed by atoms with Gasteiger partial charge in [0.2, 0.25) is 6.04 Å². The number of hydrogen-bond donors (Lipinski definition) is 3. The summed E-state index contributed by atoms with van der Waals surface area (Å²) in [4.78, 5) is 10.1. The summed E-state index contributed by atoms with van der Waals surface area (Å²) in [6, 6.07) is -0.661. The highest BCUT2D eigenvalue weighted by molar-refractivity contribution is 5.71. The summed E-state index contributed by atoms with van der Waals surface area (Å²) in [5.41, 5.74) is 6.90. The van der Waals surface area contributed by atoms with E-state index in [2.05, 4.69) is 11.5 Å². The molecule has 0 aliphatic heterocycles. The van der Waals surface area contributed by atoms with Crippen LogP contribution in [0.2, 0.25) is 0 Å². The fourth-order valence-corrected chi connectivity index (χ4v) is 0.399. The van der Waals surface area contributed by atoms with Crippen molar-refractivity contribution in [2.45, 2.75) is 6.04 Å². The molecule has 0 fully saturated rings. The average molecular weight is 221 g/mol. The van der Waals surface area contributed by atoms with Gasteiger partial charge in [-0.3, -0.25) is 0 Å². The molecule has 7 N–H and O–H groups in total. The van der Waals surface area contributed by atoms with Gasteiger partial charge in [0.15, 0.2) is 0 Å². The summed E-state index contributed by atoms with van der Waals surface area (Å²) in [5, 5.41) is 8.32. The largest absolute Gasteiger partial charge is 1.00 e. The Hall–Kier alpha value is -0.0700. The molecule has 0 heterocycles. The third kappa shape index (κ3) is 9.93. The van der Waals surface area contributed by atoms with E-state index in [0.29, 0.717) is 13.2 Å². The van der Waals surface area contributed by atoms with Crippen LogP contribution in [0.1, 0.15) is 0 Å². The van der Waals surface area contributed by atoms with Gasteiger partial charge in [0, 0.05) is 0 Å². The predicted octanol–water partition coefficient (Wildman–Crippen LogP) is -9.05. The predicted molar refractivity (Wildman–Crippen MR) is 32.9 cm³/mol. The third-order valence-electron chi connectivity index (χ3n) is 0.957. The smallest absolute Gasteiger partial charge is 0.364 e. The molecular formula is C5H14Cl2N2O3. The van der Waals surface area contributed by atoms with Gasteiger partial charge in [-0.05, 0) is 0 Å². The monoisotopic (exact) mass is 220 g/mol. The van der Waals surface area contributed by atoms with E-state index in [9.17, 15) is 4.79 Å². The zero-order valence-electron chi connectivity index (χ0n) is 6.63. The van der Waals surface area contributed by atoms with Crippen molar-refractivity contribution in [2.75, 3.05) is 19.8 Å². The van der Waals surface area contributed by atoms with Gasteiger partial charge < -0.3 is 46.1 Å². The molecule has 0 rings (SSSR count). The van der Waals surface area contributed by atoms with Crippen LogP contribution in [0.3, 0.4) is 0 Å². The Kier molecular flexibility index (Phi) is 16.3. The van der Waals surface area contributed by atoms with Gasteiger partial charge in [-0.1, -0.05) is 0 Å². The second kappa shape index (κ2) is 10.9. The number of aliphatic carboxylic acids is 1. The Balaban J connectivity index is -0.000000405. The van der Waals surface area contributed by atoms with Gasteiger partial charge in [0.25, 0.3) is 0 Å². The minimum atomic E-state index is -0.927. The van der Waals surface area contributed by atoms with E-state index in [1.807, 2.05) is 0 Å². The second-order valence-corrected chi connectivity index (χ2v) is 1.96. The molecule has 0 amide bonds. The highest BCUT2D eigenvalue weighted by atomic mass is 35.5. The summed E-state index contributed by atoms with van der Waals surface area (Å²) < 4.78 is 4.90. The first-order valence-corrected chi connectivity index (χ1v) is 3.11. The first-order chi connectivity index (χ1) is 4.68. The standard InChI is InChI=1S/C5H12N2O3.2ClH/c6-1-2-10-3-4(7)5(8)9;;/h4H,1-3,6-7H2,(H,8,9);2*1H. The Morgan fingerprint density at radius 3 is 2.33 bits per heavy atom. The van der Waals surface area contributed by atoms with E-state index in [1.165, 1.54) is 0 Å². The maximum absolute atomic E-state index is 10.1. The van der Waals surface area contributed by atoms with Crippen LogP contribution in [-0.2, 0) is 9.53 Å². The summed E-state index contributed by atoms with van der Waals surface area (Å²) in [5.74, 6) is -0.927. The normalized spacial score (nSPS) is 10.8. The number of rotatable bonds is 5. The van der Waals surface area contributed by atoms with Crippen molar-refractivity contribution in [3.63, 3.8) is 0 Å². The summed E-state index contributed by atoms with van der Waals surface area (Å²) in [6.45, 7) is 1.33. The lowest BCUT2D eigenvalue weighted by molar-refractivity contribution is -0.418. The number of quaternary nitrogens is 2. The number of ether oxygens (including phenoxy) is 1. The Labute approximate surface area is 83.3 Å². The molecule has 0 aromatic heterocycles. The van der Waals surface area contributed by atoms with Gasteiger partial charge in [-0.2, -0.15) is 0 Å². The molecule has 0 aliphatic rings. The lowest BCUT2D eigenvalue weighted by Gasteiger charge is -2.01. The van der Waals surface area contributed by atoms with Crippen LogP contribution < -0.4 is 36.3 Å². The molecule has 0 radical (unpaired) electrons. The van der Waals surface area contributed by atoms with Crippen LogP contribution in [-0.4, -0.2) is 36.9 Å². The minimum Gasteiger partial charge on any atom is -1.00 e. The van der Waals surface area contributed by atoms with Crippen LogP contribution >= 0.6 is 0 Å². The molecule has 0 saturated carbocycles. The van der Waals surface area contributed by atoms with Crippen molar-refractivity contribution in [3.8, 4) is 0 Å². The minimum absolute atomic E-state index is 0. The second-order valence-electron chi connectivity index (χ2n) is 1.96. The molecule has 1 atom stereocenters. The zero-order chi connectivity index (χ0) is 7.98. The molecule has 0 bridgehead atoms. The van der Waals surface area contributed by atoms with Crippen LogP contribution in [0.15, 0.2) is 0 Å². The molecule has 5 nitrogen and oxygen atoms in total. The maximum Gasteiger partial charge on any atom is 0.364 e. The molecule has 0 aromatic rings. The van der Waals surface area contributed by atoms with Crippen LogP contribution in [0, 0.1) is 0 Å². The van der Waals surface area contributed by atoms with E-state index in [4.69, 9.17) is 9.84 Å². The molecule has 7 heteroatoms. The van der Waals surface area contributed by atoms with E-state index in [1.54, 1.807) is 0 Å². The van der Waals surface area contributed by atoms with Gasteiger partial charge in [-0.15, -0.1) is 0 Å². The highest BCUT2D eigenvalue weighted by Gasteiger charge is 2.14. The highest BCUT2D eigenvalue weighted by Crippen LogP contribution is 1.77. The Morgan fingerprint density at radius 1 is 1.50 bits per heavy atom. The summed E-state index contributed by atoms with van der Waals surface area (Å²) >= 11 is 0. The average Bonchev–Trinajstić information content (AvgIpc) is 1.88. The molecule has 1 unspecified atom stereocenters. The van der Waals surface area contributed by atoms with Crippen LogP contribution in [0.25, 0.3) is 0 Å². The number of halogens is 2. The van der Waals surface area contributed by atoms with Crippen molar-refractivity contribution in [1.82, 2.24) is 0 Å². The molecule has 0 spiro atoms. The number of carboxylic acids is 1. The van der Waals surface area contributed by atoms with Gasteiger partial charge >= 0.3 is 5.97 Å². The van der Waals surface area contributed by atoms with Crippen molar-refractivity contribution < 1.29 is 50.9 Å². The SMILES string of the molecule is [Cl-].[Cl-].[NH3+]CCOCC([NH3+])C(=O)O. The zero-order valence-corrected chi connectivity index (χ0v) is 8.14. The van der Waals surface area contributed by atoms with E-state index < -0.39 is 12.0 Å². The van der Waals surface area contributed by atoms with Crippen LogP contribution in [0.4, 0.5) is 0 Å². The lowest BCUT2D eigenvalue weighted by atomic mass is 10.3. The fraction of sp³-hybridized carbons (Fsp3) is 0.800. The van der Waals surface area contributed by atoms with Crippen molar-refractivity contribution in [1.29, 1.82) is 0 Å². The number of carbonyl (C=O) groups is 1. The van der Waals surface area contributed by atoms with Crippen molar-refractivity contribution in [2.24, 2.45) is 0 Å². The van der Waals surface area contributed by atoms with E-state index in [-0.39, 0.29) is 31.4 Å². The third-order valence-corrected chi connectivity index (χ3v) is 0.957. The van der Waals surface area contributed by atoms with Crippen molar-refractivity contribution in [3.05, 3.63) is 0 Å². The fourth-order valence-electron chi connectivity index (χ4n) is 0.399. The topological polar surface area (TPSA) is 102 Å².